The lowest BCUT2D eigenvalue weighted by molar-refractivity contribution is 0.513. The van der Waals surface area contributed by atoms with E-state index >= 15 is 0 Å². The van der Waals surface area contributed by atoms with E-state index in [9.17, 15) is 9.59 Å². The zero-order valence-electron chi connectivity index (χ0n) is 21.2. The highest BCUT2D eigenvalue weighted by Gasteiger charge is 2.19. The van der Waals surface area contributed by atoms with E-state index in [4.69, 9.17) is 4.98 Å². The van der Waals surface area contributed by atoms with Gasteiger partial charge in [0.05, 0.1) is 0 Å². The molecule has 0 unspecified atom stereocenters. The maximum absolute atomic E-state index is 13.0. The number of unbranched alkanes of at least 4 members (excludes halogenated alkanes) is 1. The highest BCUT2D eigenvalue weighted by atomic mass is 16.2. The molecule has 5 aromatic rings. The third-order valence-electron chi connectivity index (χ3n) is 6.39. The first-order chi connectivity index (χ1) is 18.0. The molecule has 0 aliphatic heterocycles. The van der Waals surface area contributed by atoms with Gasteiger partial charge < -0.3 is 4.57 Å². The fourth-order valence-corrected chi connectivity index (χ4v) is 4.63. The average molecular weight is 499 g/mol. The van der Waals surface area contributed by atoms with Crippen LogP contribution in [0.15, 0.2) is 58.1 Å². The number of tetrazole rings is 1. The number of imidazole rings is 1. The molecule has 10 nitrogen and oxygen atoms in total. The lowest BCUT2D eigenvalue weighted by Crippen LogP contribution is -2.32. The van der Waals surface area contributed by atoms with Crippen LogP contribution in [0.2, 0.25) is 0 Å². The van der Waals surface area contributed by atoms with E-state index < -0.39 is 11.2 Å². The van der Waals surface area contributed by atoms with Crippen molar-refractivity contribution in [1.82, 2.24) is 39.7 Å². The molecular formula is C27H30N8O2. The van der Waals surface area contributed by atoms with Crippen molar-refractivity contribution in [3.63, 3.8) is 0 Å². The van der Waals surface area contributed by atoms with Gasteiger partial charge in [-0.05, 0) is 34.2 Å². The average Bonchev–Trinajstić information content (AvgIpc) is 3.55. The van der Waals surface area contributed by atoms with Gasteiger partial charge in [0, 0.05) is 25.1 Å². The van der Waals surface area contributed by atoms with E-state index in [0.29, 0.717) is 30.1 Å². The van der Waals surface area contributed by atoms with E-state index in [1.807, 2.05) is 42.7 Å². The molecule has 5 rings (SSSR count). The maximum Gasteiger partial charge on any atom is 0.330 e. The fraction of sp³-hybridized carbons (Fsp3) is 0.333. The molecule has 0 saturated heterocycles. The molecule has 0 amide bonds. The van der Waals surface area contributed by atoms with Gasteiger partial charge in [-0.25, -0.2) is 9.78 Å². The van der Waals surface area contributed by atoms with Crippen LogP contribution in [0.25, 0.3) is 33.7 Å². The molecule has 0 bridgehead atoms. The second-order valence-corrected chi connectivity index (χ2v) is 9.63. The van der Waals surface area contributed by atoms with Crippen LogP contribution in [0.1, 0.15) is 45.0 Å². The molecule has 37 heavy (non-hydrogen) atoms. The summed E-state index contributed by atoms with van der Waals surface area (Å²) in [4.78, 5) is 32.9. The minimum Gasteiger partial charge on any atom is -0.318 e. The monoisotopic (exact) mass is 498 g/mol. The van der Waals surface area contributed by atoms with Gasteiger partial charge >= 0.3 is 5.69 Å². The zero-order chi connectivity index (χ0) is 25.9. The van der Waals surface area contributed by atoms with Crippen molar-refractivity contribution in [2.24, 2.45) is 5.92 Å². The summed E-state index contributed by atoms with van der Waals surface area (Å²) in [5, 5.41) is 14.4. The molecule has 0 saturated carbocycles. The highest BCUT2D eigenvalue weighted by Crippen LogP contribution is 2.30. The number of rotatable bonds is 9. The van der Waals surface area contributed by atoms with Crippen molar-refractivity contribution in [2.75, 3.05) is 0 Å². The molecule has 0 aliphatic rings. The van der Waals surface area contributed by atoms with Gasteiger partial charge in [0.1, 0.15) is 5.82 Å². The van der Waals surface area contributed by atoms with Crippen molar-refractivity contribution in [2.45, 2.75) is 53.1 Å². The van der Waals surface area contributed by atoms with Crippen LogP contribution >= 0.6 is 0 Å². The van der Waals surface area contributed by atoms with E-state index in [0.717, 1.165) is 47.3 Å². The third kappa shape index (κ3) is 4.87. The van der Waals surface area contributed by atoms with Gasteiger partial charge in [0.2, 0.25) is 5.82 Å². The molecule has 10 heteroatoms. The highest BCUT2D eigenvalue weighted by molar-refractivity contribution is 5.80. The summed E-state index contributed by atoms with van der Waals surface area (Å²) in [5.74, 6) is 1.59. The second kappa shape index (κ2) is 10.3. The minimum atomic E-state index is -0.414. The summed E-state index contributed by atoms with van der Waals surface area (Å²) < 4.78 is 3.55. The molecule has 0 spiro atoms. The zero-order valence-corrected chi connectivity index (χ0v) is 21.2. The summed E-state index contributed by atoms with van der Waals surface area (Å²) in [6, 6.07) is 16.1. The summed E-state index contributed by atoms with van der Waals surface area (Å²) in [6.45, 7) is 7.17. The Morgan fingerprint density at radius 3 is 2.41 bits per heavy atom. The van der Waals surface area contributed by atoms with Crippen molar-refractivity contribution in [3.8, 4) is 22.5 Å². The first kappa shape index (κ1) is 24.4. The number of aryl methyl sites for hydroxylation is 1. The molecule has 0 fully saturated rings. The number of nitrogens with zero attached hydrogens (tertiary/aromatic N) is 6. The Balaban J connectivity index is 1.55. The summed E-state index contributed by atoms with van der Waals surface area (Å²) >= 11 is 0. The summed E-state index contributed by atoms with van der Waals surface area (Å²) in [5.41, 5.74) is 4.02. The predicted molar refractivity (Wildman–Crippen MR) is 142 cm³/mol. The third-order valence-corrected chi connectivity index (χ3v) is 6.39. The van der Waals surface area contributed by atoms with E-state index in [1.54, 1.807) is 4.57 Å². The Morgan fingerprint density at radius 1 is 0.973 bits per heavy atom. The summed E-state index contributed by atoms with van der Waals surface area (Å²) in [7, 11) is 0. The minimum absolute atomic E-state index is 0.235. The van der Waals surface area contributed by atoms with Crippen LogP contribution in [-0.4, -0.2) is 39.7 Å². The molecular weight excluding hydrogens is 468 g/mol. The number of aromatic amines is 2. The smallest absolute Gasteiger partial charge is 0.318 e. The quantitative estimate of drug-likeness (QED) is 0.318. The Bertz CT molecular complexity index is 1630. The van der Waals surface area contributed by atoms with Crippen LogP contribution in [0.3, 0.4) is 0 Å². The molecule has 2 aromatic carbocycles. The Labute approximate surface area is 213 Å². The van der Waals surface area contributed by atoms with Crippen LogP contribution in [0.5, 0.6) is 0 Å². The number of fused-ring (bicyclic) bond motifs is 1. The van der Waals surface area contributed by atoms with Crippen LogP contribution < -0.4 is 11.2 Å². The second-order valence-electron chi connectivity index (χ2n) is 9.63. The molecule has 190 valence electrons. The van der Waals surface area contributed by atoms with E-state index in [-0.39, 0.29) is 5.92 Å². The van der Waals surface area contributed by atoms with Gasteiger partial charge in [0.15, 0.2) is 11.2 Å². The molecule has 0 aliphatic carbocycles. The number of hydrogen-bond acceptors (Lipinski definition) is 6. The lowest BCUT2D eigenvalue weighted by Gasteiger charge is -2.12. The van der Waals surface area contributed by atoms with Crippen LogP contribution in [0, 0.1) is 5.92 Å². The van der Waals surface area contributed by atoms with Crippen molar-refractivity contribution in [1.29, 1.82) is 0 Å². The van der Waals surface area contributed by atoms with Crippen molar-refractivity contribution in [3.05, 3.63) is 80.8 Å². The van der Waals surface area contributed by atoms with Gasteiger partial charge in [0.25, 0.3) is 5.56 Å². The first-order valence-electron chi connectivity index (χ1n) is 12.6. The van der Waals surface area contributed by atoms with Crippen molar-refractivity contribution >= 4 is 11.2 Å². The van der Waals surface area contributed by atoms with Crippen LogP contribution in [-0.2, 0) is 19.5 Å². The fourth-order valence-electron chi connectivity index (χ4n) is 4.63. The molecule has 0 atom stereocenters. The number of hydrogen-bond donors (Lipinski definition) is 2. The van der Waals surface area contributed by atoms with E-state index in [2.05, 4.69) is 56.8 Å². The van der Waals surface area contributed by atoms with E-state index in [1.165, 1.54) is 0 Å². The SMILES string of the molecule is CCCCc1nc2c(c(=O)[nH]c(=O)n2CC(C)C)n1Cc1ccc(-c2ccccc2-c2nn[nH]n2)cc1. The number of nitrogens with one attached hydrogen (secondary N) is 2. The molecule has 3 heterocycles. The number of benzene rings is 2. The number of aromatic nitrogens is 8. The first-order valence-corrected chi connectivity index (χ1v) is 12.6. The Morgan fingerprint density at radius 2 is 1.73 bits per heavy atom. The summed E-state index contributed by atoms with van der Waals surface area (Å²) in [6.07, 6.45) is 2.69. The van der Waals surface area contributed by atoms with Gasteiger partial charge in [-0.1, -0.05) is 75.7 Å². The largest absolute Gasteiger partial charge is 0.330 e. The van der Waals surface area contributed by atoms with Gasteiger partial charge in [-0.15, -0.1) is 10.2 Å². The molecule has 2 N–H and O–H groups in total. The topological polar surface area (TPSA) is 127 Å². The normalized spacial score (nSPS) is 11.6. The van der Waals surface area contributed by atoms with Crippen molar-refractivity contribution < 1.29 is 0 Å². The predicted octanol–water partition coefficient (Wildman–Crippen LogP) is 3.78. The maximum atomic E-state index is 13.0. The standard InChI is InChI=1S/C27H30N8O2/c1-4-5-10-22-28-25-23(26(36)29-27(37)35(25)15-17(2)3)34(22)16-18-11-13-19(14-12-18)20-8-6-7-9-21(20)24-30-32-33-31-24/h6-9,11-14,17H,4-5,10,15-16H2,1-3H3,(H,29,36,37)(H,30,31,32,33). The van der Waals surface area contributed by atoms with Gasteiger partial charge in [-0.2, -0.15) is 5.21 Å². The van der Waals surface area contributed by atoms with Crippen LogP contribution in [0.4, 0.5) is 0 Å². The van der Waals surface area contributed by atoms with Gasteiger partial charge in [-0.3, -0.25) is 14.3 Å². The molecule has 3 aromatic heterocycles. The Kier molecular flexibility index (Phi) is 6.80. The molecule has 0 radical (unpaired) electrons. The lowest BCUT2D eigenvalue weighted by atomic mass is 9.98. The Hall–Kier alpha value is -4.34. The number of H-pyrrole nitrogens is 2.